The maximum absolute atomic E-state index is 10.2. The minimum Gasteiger partial charge on any atom is -0.388 e. The summed E-state index contributed by atoms with van der Waals surface area (Å²) in [6.07, 6.45) is -4.13. The van der Waals surface area contributed by atoms with Crippen molar-refractivity contribution in [3.63, 3.8) is 0 Å². The van der Waals surface area contributed by atoms with Gasteiger partial charge >= 0.3 is 10.4 Å². The fourth-order valence-electron chi connectivity index (χ4n) is 0.914. The standard InChI is InChI=1S/C5H9O7S/c6-3-1-11-2-4(7)5(3)12-13(8,9)10/h1,3-7H,2H2,(H,8,9,10)/t3-,4-,5+/m0/s1. The number of rotatable bonds is 2. The van der Waals surface area contributed by atoms with Crippen LogP contribution < -0.4 is 0 Å². The normalized spacial score (nSPS) is 36.1. The number of ether oxygens (including phenoxy) is 1. The zero-order chi connectivity index (χ0) is 10.1. The Morgan fingerprint density at radius 2 is 2.08 bits per heavy atom. The summed E-state index contributed by atoms with van der Waals surface area (Å²) in [5.74, 6) is 0. The molecule has 1 aliphatic heterocycles. The van der Waals surface area contributed by atoms with Gasteiger partial charge in [-0.15, -0.1) is 0 Å². The largest absolute Gasteiger partial charge is 0.397 e. The van der Waals surface area contributed by atoms with Crippen molar-refractivity contribution in [2.24, 2.45) is 0 Å². The van der Waals surface area contributed by atoms with Gasteiger partial charge in [0.05, 0.1) is 6.61 Å². The van der Waals surface area contributed by atoms with E-state index in [1.807, 2.05) is 0 Å². The summed E-state index contributed by atoms with van der Waals surface area (Å²) in [4.78, 5) is 0. The highest BCUT2D eigenvalue weighted by Gasteiger charge is 2.36. The topological polar surface area (TPSA) is 113 Å². The maximum atomic E-state index is 10.2. The number of aliphatic hydroxyl groups is 2. The van der Waals surface area contributed by atoms with Gasteiger partial charge in [0.25, 0.3) is 0 Å². The van der Waals surface area contributed by atoms with Crippen LogP contribution in [0.4, 0.5) is 0 Å². The van der Waals surface area contributed by atoms with E-state index < -0.39 is 28.7 Å². The zero-order valence-electron chi connectivity index (χ0n) is 6.40. The third-order valence-corrected chi connectivity index (χ3v) is 1.92. The monoisotopic (exact) mass is 213 g/mol. The zero-order valence-corrected chi connectivity index (χ0v) is 7.22. The first-order valence-corrected chi connectivity index (χ1v) is 4.73. The molecule has 77 valence electrons. The van der Waals surface area contributed by atoms with Crippen LogP contribution in [0.2, 0.25) is 0 Å². The number of hydrogen-bond acceptors (Lipinski definition) is 6. The summed E-state index contributed by atoms with van der Waals surface area (Å²) in [7, 11) is -4.69. The second-order valence-corrected chi connectivity index (χ2v) is 3.56. The van der Waals surface area contributed by atoms with Crippen LogP contribution in [0.3, 0.4) is 0 Å². The van der Waals surface area contributed by atoms with Gasteiger partial charge < -0.3 is 14.9 Å². The molecule has 0 spiro atoms. The van der Waals surface area contributed by atoms with Crippen molar-refractivity contribution in [2.75, 3.05) is 6.61 Å². The van der Waals surface area contributed by atoms with Crippen molar-refractivity contribution >= 4 is 10.4 Å². The Morgan fingerprint density at radius 3 is 2.54 bits per heavy atom. The Bertz CT molecular complexity index is 250. The fourth-order valence-corrected chi connectivity index (χ4v) is 1.44. The minimum absolute atomic E-state index is 0.197. The molecule has 1 aliphatic rings. The summed E-state index contributed by atoms with van der Waals surface area (Å²) in [6, 6.07) is 0. The molecule has 1 heterocycles. The van der Waals surface area contributed by atoms with Gasteiger partial charge in [0, 0.05) is 0 Å². The molecular weight excluding hydrogens is 204 g/mol. The minimum atomic E-state index is -4.69. The SMILES string of the molecule is O=S(=O)(O)O[C@@H]1[C@@H](O)[CH]OC[C@@H]1O. The third-order valence-electron chi connectivity index (χ3n) is 1.45. The van der Waals surface area contributed by atoms with Gasteiger partial charge in [-0.3, -0.25) is 4.55 Å². The molecule has 0 saturated carbocycles. The lowest BCUT2D eigenvalue weighted by Crippen LogP contribution is -2.47. The Kier molecular flexibility index (Phi) is 3.22. The van der Waals surface area contributed by atoms with Crippen LogP contribution in [0.25, 0.3) is 0 Å². The lowest BCUT2D eigenvalue weighted by atomic mass is 10.1. The second-order valence-electron chi connectivity index (χ2n) is 2.52. The molecule has 0 amide bonds. The average Bonchev–Trinajstić information content (AvgIpc) is 1.95. The van der Waals surface area contributed by atoms with Crippen LogP contribution in [0.15, 0.2) is 0 Å². The summed E-state index contributed by atoms with van der Waals surface area (Å²) >= 11 is 0. The summed E-state index contributed by atoms with van der Waals surface area (Å²) in [5.41, 5.74) is 0. The van der Waals surface area contributed by atoms with Gasteiger partial charge in [0.15, 0.2) is 0 Å². The van der Waals surface area contributed by atoms with Crippen LogP contribution >= 0.6 is 0 Å². The average molecular weight is 213 g/mol. The van der Waals surface area contributed by atoms with E-state index in [4.69, 9.17) is 14.8 Å². The number of hydrogen-bond donors (Lipinski definition) is 3. The summed E-state index contributed by atoms with van der Waals surface area (Å²) < 4.78 is 37.3. The summed E-state index contributed by atoms with van der Waals surface area (Å²) in [6.45, 7) is 0.722. The highest BCUT2D eigenvalue weighted by Crippen LogP contribution is 2.16. The molecule has 3 atom stereocenters. The first kappa shape index (κ1) is 10.8. The molecule has 7 nitrogen and oxygen atoms in total. The van der Waals surface area contributed by atoms with Gasteiger partial charge in [-0.05, 0) is 0 Å². The molecule has 0 aromatic heterocycles. The van der Waals surface area contributed by atoms with Crippen molar-refractivity contribution in [3.8, 4) is 0 Å². The van der Waals surface area contributed by atoms with Gasteiger partial charge in [-0.2, -0.15) is 8.42 Å². The highest BCUT2D eigenvalue weighted by molar-refractivity contribution is 7.80. The van der Waals surface area contributed by atoms with E-state index in [2.05, 4.69) is 8.92 Å². The Balaban J connectivity index is 2.64. The van der Waals surface area contributed by atoms with Gasteiger partial charge in [-0.1, -0.05) is 0 Å². The molecule has 0 aliphatic carbocycles. The van der Waals surface area contributed by atoms with Crippen molar-refractivity contribution in [1.82, 2.24) is 0 Å². The fraction of sp³-hybridized carbons (Fsp3) is 0.800. The van der Waals surface area contributed by atoms with Crippen LogP contribution in [0.5, 0.6) is 0 Å². The van der Waals surface area contributed by atoms with Crippen molar-refractivity contribution in [3.05, 3.63) is 6.61 Å². The Morgan fingerprint density at radius 1 is 1.46 bits per heavy atom. The third kappa shape index (κ3) is 3.18. The van der Waals surface area contributed by atoms with Crippen molar-refractivity contribution < 1.29 is 32.1 Å². The van der Waals surface area contributed by atoms with E-state index in [0.29, 0.717) is 0 Å². The molecule has 0 aromatic rings. The molecule has 8 heteroatoms. The molecule has 1 rings (SSSR count). The molecule has 1 fully saturated rings. The Labute approximate surface area is 74.8 Å². The molecular formula is C5H9O7S. The van der Waals surface area contributed by atoms with E-state index in [1.165, 1.54) is 0 Å². The van der Waals surface area contributed by atoms with Gasteiger partial charge in [0.1, 0.15) is 24.9 Å². The van der Waals surface area contributed by atoms with Crippen LogP contribution in [0.1, 0.15) is 0 Å². The molecule has 0 aromatic carbocycles. The molecule has 0 bridgehead atoms. The lowest BCUT2D eigenvalue weighted by Gasteiger charge is -2.29. The predicted octanol–water partition coefficient (Wildman–Crippen LogP) is -1.91. The van der Waals surface area contributed by atoms with E-state index in [0.717, 1.165) is 6.61 Å². The maximum Gasteiger partial charge on any atom is 0.397 e. The van der Waals surface area contributed by atoms with Gasteiger partial charge in [-0.25, -0.2) is 4.18 Å². The molecule has 1 radical (unpaired) electrons. The van der Waals surface area contributed by atoms with E-state index in [9.17, 15) is 8.42 Å². The first-order valence-electron chi connectivity index (χ1n) is 3.37. The van der Waals surface area contributed by atoms with E-state index in [-0.39, 0.29) is 6.61 Å². The van der Waals surface area contributed by atoms with Crippen LogP contribution in [-0.4, -0.2) is 48.1 Å². The van der Waals surface area contributed by atoms with Crippen LogP contribution in [0, 0.1) is 6.61 Å². The number of aliphatic hydroxyl groups excluding tert-OH is 2. The molecule has 13 heavy (non-hydrogen) atoms. The summed E-state index contributed by atoms with van der Waals surface area (Å²) in [5, 5.41) is 18.2. The molecule has 0 unspecified atom stereocenters. The molecule has 1 saturated heterocycles. The van der Waals surface area contributed by atoms with Gasteiger partial charge in [0.2, 0.25) is 0 Å². The smallest absolute Gasteiger partial charge is 0.388 e. The quantitative estimate of drug-likeness (QED) is 0.458. The lowest BCUT2D eigenvalue weighted by molar-refractivity contribution is -0.114. The second kappa shape index (κ2) is 3.86. The van der Waals surface area contributed by atoms with Crippen LogP contribution in [-0.2, 0) is 19.3 Å². The Hall–Kier alpha value is -0.250. The van der Waals surface area contributed by atoms with E-state index >= 15 is 0 Å². The highest BCUT2D eigenvalue weighted by atomic mass is 32.3. The van der Waals surface area contributed by atoms with E-state index in [1.54, 1.807) is 0 Å². The van der Waals surface area contributed by atoms with Crippen molar-refractivity contribution in [2.45, 2.75) is 18.3 Å². The first-order chi connectivity index (χ1) is 5.90. The predicted molar refractivity (Wildman–Crippen MR) is 38.7 cm³/mol. The molecule has 3 N–H and O–H groups in total. The van der Waals surface area contributed by atoms with Crippen molar-refractivity contribution in [1.29, 1.82) is 0 Å².